The number of primary amides is 1. The second-order valence-corrected chi connectivity index (χ2v) is 4.59. The summed E-state index contributed by atoms with van der Waals surface area (Å²) in [6.07, 6.45) is 0.0748. The van der Waals surface area contributed by atoms with Crippen LogP contribution in [0.5, 0.6) is 0 Å². The SMILES string of the molecule is CC(C)(CC(N)=O)Nc1nc(C(=O)O)ccc1N. The van der Waals surface area contributed by atoms with Crippen LogP contribution in [0, 0.1) is 0 Å². The Bertz CT molecular complexity index is 485. The minimum Gasteiger partial charge on any atom is -0.477 e. The van der Waals surface area contributed by atoms with Crippen LogP contribution in [-0.2, 0) is 4.79 Å². The van der Waals surface area contributed by atoms with Crippen molar-refractivity contribution in [3.8, 4) is 0 Å². The Kier molecular flexibility index (Phi) is 3.75. The summed E-state index contributed by atoms with van der Waals surface area (Å²) in [5.74, 6) is -1.40. The smallest absolute Gasteiger partial charge is 0.354 e. The van der Waals surface area contributed by atoms with Gasteiger partial charge in [0.1, 0.15) is 0 Å². The molecule has 0 aliphatic carbocycles. The number of nitrogens with zero attached hydrogens (tertiary/aromatic N) is 1. The highest BCUT2D eigenvalue weighted by molar-refractivity contribution is 5.87. The molecule has 0 saturated heterocycles. The molecule has 1 aromatic heterocycles. The number of hydrogen-bond acceptors (Lipinski definition) is 5. The lowest BCUT2D eigenvalue weighted by atomic mass is 10.0. The van der Waals surface area contributed by atoms with Gasteiger partial charge in [-0.05, 0) is 26.0 Å². The first-order valence-electron chi connectivity index (χ1n) is 5.27. The minimum atomic E-state index is -1.15. The maximum absolute atomic E-state index is 10.9. The Morgan fingerprint density at radius 2 is 2.06 bits per heavy atom. The molecule has 0 saturated carbocycles. The van der Waals surface area contributed by atoms with Gasteiger partial charge in [-0.25, -0.2) is 9.78 Å². The van der Waals surface area contributed by atoms with Gasteiger partial charge in [0.05, 0.1) is 5.69 Å². The van der Waals surface area contributed by atoms with E-state index in [1.54, 1.807) is 13.8 Å². The lowest BCUT2D eigenvalue weighted by molar-refractivity contribution is -0.118. The first-order chi connectivity index (χ1) is 8.21. The van der Waals surface area contributed by atoms with Gasteiger partial charge in [0.25, 0.3) is 0 Å². The van der Waals surface area contributed by atoms with Crippen LogP contribution in [0.25, 0.3) is 0 Å². The summed E-state index contributed by atoms with van der Waals surface area (Å²) >= 11 is 0. The number of nitrogen functional groups attached to an aromatic ring is 1. The Balaban J connectivity index is 2.99. The van der Waals surface area contributed by atoms with Crippen LogP contribution in [0.1, 0.15) is 30.8 Å². The molecular formula is C11H16N4O3. The maximum atomic E-state index is 10.9. The highest BCUT2D eigenvalue weighted by Gasteiger charge is 2.22. The molecule has 7 heteroatoms. The van der Waals surface area contributed by atoms with Crippen LogP contribution in [0.15, 0.2) is 12.1 Å². The van der Waals surface area contributed by atoms with E-state index in [4.69, 9.17) is 16.6 Å². The highest BCUT2D eigenvalue weighted by atomic mass is 16.4. The second kappa shape index (κ2) is 4.91. The standard InChI is InChI=1S/C11H16N4O3/c1-11(2,5-8(13)16)15-9-6(12)3-4-7(14-9)10(17)18/h3-4H,5,12H2,1-2H3,(H2,13,16)(H,14,15)(H,17,18). The van der Waals surface area contributed by atoms with E-state index in [0.29, 0.717) is 5.69 Å². The molecule has 98 valence electrons. The van der Waals surface area contributed by atoms with Gasteiger partial charge in [-0.3, -0.25) is 4.79 Å². The fraction of sp³-hybridized carbons (Fsp3) is 0.364. The maximum Gasteiger partial charge on any atom is 0.354 e. The van der Waals surface area contributed by atoms with Crippen molar-refractivity contribution in [3.05, 3.63) is 17.8 Å². The van der Waals surface area contributed by atoms with E-state index in [1.165, 1.54) is 12.1 Å². The lowest BCUT2D eigenvalue weighted by Crippen LogP contribution is -2.36. The van der Waals surface area contributed by atoms with Gasteiger partial charge in [0, 0.05) is 12.0 Å². The zero-order valence-electron chi connectivity index (χ0n) is 10.2. The van der Waals surface area contributed by atoms with Gasteiger partial charge in [0.15, 0.2) is 11.5 Å². The van der Waals surface area contributed by atoms with Gasteiger partial charge in [-0.1, -0.05) is 0 Å². The van der Waals surface area contributed by atoms with Gasteiger partial charge in [-0.2, -0.15) is 0 Å². The zero-order chi connectivity index (χ0) is 13.9. The zero-order valence-corrected chi connectivity index (χ0v) is 10.2. The normalized spacial score (nSPS) is 11.0. The van der Waals surface area contributed by atoms with Gasteiger partial charge in [0.2, 0.25) is 5.91 Å². The van der Waals surface area contributed by atoms with E-state index in [-0.39, 0.29) is 17.9 Å². The van der Waals surface area contributed by atoms with Gasteiger partial charge < -0.3 is 21.9 Å². The number of aromatic carboxylic acids is 1. The summed E-state index contributed by atoms with van der Waals surface area (Å²) in [7, 11) is 0. The molecule has 7 nitrogen and oxygen atoms in total. The van der Waals surface area contributed by atoms with E-state index >= 15 is 0 Å². The number of carbonyl (C=O) groups excluding carboxylic acids is 1. The lowest BCUT2D eigenvalue weighted by Gasteiger charge is -2.26. The van der Waals surface area contributed by atoms with Gasteiger partial charge >= 0.3 is 5.97 Å². The molecule has 1 aromatic rings. The molecule has 0 radical (unpaired) electrons. The van der Waals surface area contributed by atoms with Crippen molar-refractivity contribution >= 4 is 23.4 Å². The molecule has 0 aliphatic heterocycles. The number of nitrogens with one attached hydrogen (secondary N) is 1. The number of carboxylic acids is 1. The van der Waals surface area contributed by atoms with E-state index < -0.39 is 17.4 Å². The quantitative estimate of drug-likeness (QED) is 0.600. The van der Waals surface area contributed by atoms with Crippen LogP contribution < -0.4 is 16.8 Å². The predicted octanol–water partition coefficient (Wildman–Crippen LogP) is 0.428. The average molecular weight is 252 g/mol. The highest BCUT2D eigenvalue weighted by Crippen LogP contribution is 2.22. The Morgan fingerprint density at radius 1 is 1.44 bits per heavy atom. The van der Waals surface area contributed by atoms with E-state index in [0.717, 1.165) is 0 Å². The number of pyridine rings is 1. The molecule has 1 amide bonds. The number of nitrogens with two attached hydrogens (primary N) is 2. The van der Waals surface area contributed by atoms with Crippen molar-refractivity contribution in [2.45, 2.75) is 25.8 Å². The third-order valence-corrected chi connectivity index (χ3v) is 2.22. The van der Waals surface area contributed by atoms with Crippen LogP contribution in [0.4, 0.5) is 11.5 Å². The van der Waals surface area contributed by atoms with Crippen LogP contribution in [0.2, 0.25) is 0 Å². The molecule has 0 aromatic carbocycles. The first kappa shape index (κ1) is 13.8. The molecule has 0 unspecified atom stereocenters. The van der Waals surface area contributed by atoms with Crippen molar-refractivity contribution in [2.75, 3.05) is 11.1 Å². The largest absolute Gasteiger partial charge is 0.477 e. The van der Waals surface area contributed by atoms with E-state index in [1.807, 2.05) is 0 Å². The number of amides is 1. The van der Waals surface area contributed by atoms with Crippen molar-refractivity contribution in [3.63, 3.8) is 0 Å². The third-order valence-electron chi connectivity index (χ3n) is 2.22. The van der Waals surface area contributed by atoms with Gasteiger partial charge in [-0.15, -0.1) is 0 Å². The van der Waals surface area contributed by atoms with E-state index in [2.05, 4.69) is 10.3 Å². The topological polar surface area (TPSA) is 131 Å². The minimum absolute atomic E-state index is 0.0748. The average Bonchev–Trinajstić information content (AvgIpc) is 2.18. The fourth-order valence-corrected chi connectivity index (χ4v) is 1.49. The number of anilines is 2. The fourth-order valence-electron chi connectivity index (χ4n) is 1.49. The van der Waals surface area contributed by atoms with Crippen LogP contribution >= 0.6 is 0 Å². The molecule has 0 bridgehead atoms. The Morgan fingerprint density at radius 3 is 2.56 bits per heavy atom. The second-order valence-electron chi connectivity index (χ2n) is 4.59. The summed E-state index contributed by atoms with van der Waals surface area (Å²) in [5.41, 5.74) is 10.3. The van der Waals surface area contributed by atoms with Crippen LogP contribution in [0.3, 0.4) is 0 Å². The first-order valence-corrected chi connectivity index (χ1v) is 5.27. The molecular weight excluding hydrogens is 236 g/mol. The number of rotatable bonds is 5. The summed E-state index contributed by atoms with van der Waals surface area (Å²) < 4.78 is 0. The van der Waals surface area contributed by atoms with Crippen LogP contribution in [-0.4, -0.2) is 27.5 Å². The Hall–Kier alpha value is -2.31. The summed E-state index contributed by atoms with van der Waals surface area (Å²) in [6, 6.07) is 2.75. The summed E-state index contributed by atoms with van der Waals surface area (Å²) in [6.45, 7) is 3.48. The third kappa shape index (κ3) is 3.62. The number of carbonyl (C=O) groups is 2. The monoisotopic (exact) mass is 252 g/mol. The summed E-state index contributed by atoms with van der Waals surface area (Å²) in [4.78, 5) is 25.6. The molecule has 0 aliphatic rings. The van der Waals surface area contributed by atoms with Crippen molar-refractivity contribution < 1.29 is 14.7 Å². The number of hydrogen-bond donors (Lipinski definition) is 4. The Labute approximate surface area is 104 Å². The van der Waals surface area contributed by atoms with E-state index in [9.17, 15) is 9.59 Å². The molecule has 0 atom stereocenters. The molecule has 6 N–H and O–H groups in total. The van der Waals surface area contributed by atoms with Crippen molar-refractivity contribution in [1.82, 2.24) is 4.98 Å². The molecule has 0 fully saturated rings. The molecule has 1 heterocycles. The van der Waals surface area contributed by atoms with Crippen molar-refractivity contribution in [2.24, 2.45) is 5.73 Å². The number of carboxylic acid groups (broad SMARTS) is 1. The molecule has 0 spiro atoms. The molecule has 18 heavy (non-hydrogen) atoms. The molecule has 1 rings (SSSR count). The number of aromatic nitrogens is 1. The predicted molar refractivity (Wildman–Crippen MR) is 67.1 cm³/mol. The van der Waals surface area contributed by atoms with Crippen molar-refractivity contribution in [1.29, 1.82) is 0 Å². The summed E-state index contributed by atoms with van der Waals surface area (Å²) in [5, 5.41) is 11.8.